The average Bonchev–Trinajstić information content (AvgIpc) is 2.79. The fraction of sp³-hybridized carbons (Fsp3) is 0.409. The molecule has 0 bridgehead atoms. The third-order valence-electron chi connectivity index (χ3n) is 5.05. The van der Waals surface area contributed by atoms with Gasteiger partial charge in [0.25, 0.3) is 0 Å². The number of hydrogen-bond donors (Lipinski definition) is 1. The van der Waals surface area contributed by atoms with Gasteiger partial charge in [-0.2, -0.15) is 0 Å². The van der Waals surface area contributed by atoms with E-state index in [2.05, 4.69) is 20.2 Å². The molecule has 154 valence electrons. The van der Waals surface area contributed by atoms with Crippen LogP contribution in [0.25, 0.3) is 0 Å². The first-order chi connectivity index (χ1) is 14.2. The second kappa shape index (κ2) is 10.5. The van der Waals surface area contributed by atoms with Gasteiger partial charge in [-0.25, -0.2) is 4.98 Å². The molecule has 29 heavy (non-hydrogen) atoms. The molecule has 0 atom stereocenters. The molecule has 0 unspecified atom stereocenters. The second-order valence-electron chi connectivity index (χ2n) is 6.93. The summed E-state index contributed by atoms with van der Waals surface area (Å²) in [6.07, 6.45) is 3.27. The van der Waals surface area contributed by atoms with Crippen molar-refractivity contribution >= 4 is 11.9 Å². The Morgan fingerprint density at radius 1 is 1.21 bits per heavy atom. The van der Waals surface area contributed by atoms with E-state index in [1.807, 2.05) is 42.5 Å². The van der Waals surface area contributed by atoms with Gasteiger partial charge in [0, 0.05) is 38.4 Å². The summed E-state index contributed by atoms with van der Waals surface area (Å²) in [5, 5.41) is 3.39. The van der Waals surface area contributed by atoms with Crippen LogP contribution in [0.3, 0.4) is 0 Å². The highest BCUT2D eigenvalue weighted by atomic mass is 16.5. The number of esters is 1. The predicted molar refractivity (Wildman–Crippen MR) is 112 cm³/mol. The van der Waals surface area contributed by atoms with Gasteiger partial charge in [-0.15, -0.1) is 0 Å². The molecule has 0 spiro atoms. The lowest BCUT2D eigenvalue weighted by Crippen LogP contribution is -2.46. The first kappa shape index (κ1) is 20.6. The zero-order chi connectivity index (χ0) is 20.5. The Morgan fingerprint density at radius 3 is 2.66 bits per heavy atom. The van der Waals surface area contributed by atoms with Gasteiger partial charge in [0.1, 0.15) is 6.61 Å². The maximum atomic E-state index is 11.7. The lowest BCUT2D eigenvalue weighted by atomic mass is 9.97. The van der Waals surface area contributed by atoms with Crippen LogP contribution in [0.1, 0.15) is 24.0 Å². The number of rotatable bonds is 6. The topological polar surface area (TPSA) is 76.1 Å². The molecule has 1 aromatic carbocycles. The van der Waals surface area contributed by atoms with Crippen molar-refractivity contribution in [3.8, 4) is 5.88 Å². The molecule has 1 fully saturated rings. The van der Waals surface area contributed by atoms with E-state index in [-0.39, 0.29) is 11.9 Å². The molecular weight excluding hydrogens is 368 g/mol. The molecule has 0 radical (unpaired) electrons. The standard InChI is InChI=1S/C22H28N4O3/c1-23-22(26-13-10-18(11-14-26)21(27)28-2)25-15-19-9-6-12-24-20(19)29-16-17-7-4-3-5-8-17/h3-9,12,18H,10-11,13-16H2,1-2H3,(H,23,25). The maximum absolute atomic E-state index is 11.7. The Hall–Kier alpha value is -3.09. The van der Waals surface area contributed by atoms with Gasteiger partial charge < -0.3 is 19.7 Å². The summed E-state index contributed by atoms with van der Waals surface area (Å²) in [6.45, 7) is 2.57. The Balaban J connectivity index is 1.55. The highest BCUT2D eigenvalue weighted by molar-refractivity contribution is 5.80. The fourth-order valence-electron chi connectivity index (χ4n) is 3.41. The van der Waals surface area contributed by atoms with Crippen molar-refractivity contribution < 1.29 is 14.3 Å². The molecule has 1 aromatic heterocycles. The molecular formula is C22H28N4O3. The number of methoxy groups -OCH3 is 1. The van der Waals surface area contributed by atoms with Crippen LogP contribution in [0, 0.1) is 5.92 Å². The highest BCUT2D eigenvalue weighted by Crippen LogP contribution is 2.19. The van der Waals surface area contributed by atoms with Gasteiger partial charge in [-0.3, -0.25) is 9.79 Å². The van der Waals surface area contributed by atoms with Crippen molar-refractivity contribution in [3.05, 3.63) is 59.8 Å². The molecule has 1 saturated heterocycles. The number of benzene rings is 1. The summed E-state index contributed by atoms with van der Waals surface area (Å²) in [4.78, 5) is 22.7. The summed E-state index contributed by atoms with van der Waals surface area (Å²) in [5.74, 6) is 1.28. The van der Waals surface area contributed by atoms with E-state index in [1.165, 1.54) is 7.11 Å². The maximum Gasteiger partial charge on any atom is 0.308 e. The van der Waals surface area contributed by atoms with Gasteiger partial charge in [-0.05, 0) is 24.5 Å². The van der Waals surface area contributed by atoms with Crippen molar-refractivity contribution in [3.63, 3.8) is 0 Å². The normalized spacial score (nSPS) is 15.1. The van der Waals surface area contributed by atoms with Crippen LogP contribution in [-0.4, -0.2) is 49.1 Å². The van der Waals surface area contributed by atoms with Gasteiger partial charge in [-0.1, -0.05) is 36.4 Å². The molecule has 1 N–H and O–H groups in total. The molecule has 1 aliphatic heterocycles. The van der Waals surface area contributed by atoms with Gasteiger partial charge in [0.05, 0.1) is 13.0 Å². The van der Waals surface area contributed by atoms with Crippen molar-refractivity contribution in [2.24, 2.45) is 10.9 Å². The number of aromatic nitrogens is 1. The van der Waals surface area contributed by atoms with Crippen LogP contribution in [0.4, 0.5) is 0 Å². The van der Waals surface area contributed by atoms with Crippen LogP contribution >= 0.6 is 0 Å². The van der Waals surface area contributed by atoms with E-state index in [1.54, 1.807) is 13.2 Å². The van der Waals surface area contributed by atoms with E-state index < -0.39 is 0 Å². The van der Waals surface area contributed by atoms with Crippen LogP contribution in [0.5, 0.6) is 5.88 Å². The number of guanidine groups is 1. The molecule has 0 aliphatic carbocycles. The van der Waals surface area contributed by atoms with E-state index in [0.717, 1.165) is 43.0 Å². The van der Waals surface area contributed by atoms with Crippen molar-refractivity contribution in [1.82, 2.24) is 15.2 Å². The number of hydrogen-bond acceptors (Lipinski definition) is 5. The zero-order valence-electron chi connectivity index (χ0n) is 17.0. The number of aliphatic imine (C=N–C) groups is 1. The average molecular weight is 396 g/mol. The molecule has 7 nitrogen and oxygen atoms in total. The third-order valence-corrected chi connectivity index (χ3v) is 5.05. The number of pyridine rings is 1. The Labute approximate surface area is 171 Å². The number of nitrogens with one attached hydrogen (secondary N) is 1. The minimum absolute atomic E-state index is 0.0225. The van der Waals surface area contributed by atoms with Gasteiger partial charge >= 0.3 is 5.97 Å². The zero-order valence-corrected chi connectivity index (χ0v) is 17.0. The van der Waals surface area contributed by atoms with Crippen LogP contribution in [0.15, 0.2) is 53.7 Å². The molecule has 1 aliphatic rings. The van der Waals surface area contributed by atoms with Gasteiger partial charge in [0.2, 0.25) is 5.88 Å². The predicted octanol–water partition coefficient (Wildman–Crippen LogP) is 2.62. The van der Waals surface area contributed by atoms with Crippen LogP contribution < -0.4 is 10.1 Å². The molecule has 2 heterocycles. The molecule has 3 rings (SSSR count). The Bertz CT molecular complexity index is 818. The Kier molecular flexibility index (Phi) is 7.44. The van der Waals surface area contributed by atoms with Crippen LogP contribution in [-0.2, 0) is 22.7 Å². The largest absolute Gasteiger partial charge is 0.473 e. The van der Waals surface area contributed by atoms with E-state index in [0.29, 0.717) is 19.0 Å². The SMILES string of the molecule is CN=C(NCc1cccnc1OCc1ccccc1)N1CCC(C(=O)OC)CC1. The summed E-state index contributed by atoms with van der Waals surface area (Å²) in [7, 11) is 3.21. The number of nitrogens with zero attached hydrogens (tertiary/aromatic N) is 3. The highest BCUT2D eigenvalue weighted by Gasteiger charge is 2.27. The van der Waals surface area contributed by atoms with Gasteiger partial charge in [0.15, 0.2) is 5.96 Å². The summed E-state index contributed by atoms with van der Waals surface area (Å²) < 4.78 is 10.8. The molecule has 7 heteroatoms. The minimum atomic E-state index is -0.122. The smallest absolute Gasteiger partial charge is 0.308 e. The number of piperidine rings is 1. The number of carbonyl (C=O) groups excluding carboxylic acids is 1. The second-order valence-corrected chi connectivity index (χ2v) is 6.93. The molecule has 2 aromatic rings. The van der Waals surface area contributed by atoms with Crippen molar-refractivity contribution in [1.29, 1.82) is 0 Å². The monoisotopic (exact) mass is 396 g/mol. The van der Waals surface area contributed by atoms with Crippen LogP contribution in [0.2, 0.25) is 0 Å². The fourth-order valence-corrected chi connectivity index (χ4v) is 3.41. The van der Waals surface area contributed by atoms with E-state index >= 15 is 0 Å². The summed E-state index contributed by atoms with van der Waals surface area (Å²) >= 11 is 0. The van der Waals surface area contributed by atoms with Crippen molar-refractivity contribution in [2.75, 3.05) is 27.2 Å². The number of likely N-dealkylation sites (tertiary alicyclic amines) is 1. The number of ether oxygens (including phenoxy) is 2. The first-order valence-corrected chi connectivity index (χ1v) is 9.85. The quantitative estimate of drug-likeness (QED) is 0.460. The first-order valence-electron chi connectivity index (χ1n) is 9.85. The van der Waals surface area contributed by atoms with E-state index in [9.17, 15) is 4.79 Å². The van der Waals surface area contributed by atoms with E-state index in [4.69, 9.17) is 9.47 Å². The lowest BCUT2D eigenvalue weighted by Gasteiger charge is -2.33. The number of carbonyl (C=O) groups is 1. The third kappa shape index (κ3) is 5.70. The van der Waals surface area contributed by atoms with Crippen molar-refractivity contribution in [2.45, 2.75) is 26.0 Å². The molecule has 0 amide bonds. The minimum Gasteiger partial charge on any atom is -0.473 e. The lowest BCUT2D eigenvalue weighted by molar-refractivity contribution is -0.146. The molecule has 0 saturated carbocycles. The summed E-state index contributed by atoms with van der Waals surface area (Å²) in [6, 6.07) is 13.9. The summed E-state index contributed by atoms with van der Waals surface area (Å²) in [5.41, 5.74) is 2.07. The Morgan fingerprint density at radius 2 is 1.97 bits per heavy atom.